The first-order chi connectivity index (χ1) is 19.5. The lowest BCUT2D eigenvalue weighted by atomic mass is 10.0. The number of amides is 2. The van der Waals surface area contributed by atoms with Crippen molar-refractivity contribution in [3.63, 3.8) is 0 Å². The Morgan fingerprint density at radius 3 is 2.56 bits per heavy atom. The highest BCUT2D eigenvalue weighted by Crippen LogP contribution is 2.41. The molecule has 2 atom stereocenters. The molecule has 6 N–H and O–H groups in total. The Hall–Kier alpha value is -4.42. The Bertz CT molecular complexity index is 1500. The van der Waals surface area contributed by atoms with Crippen LogP contribution in [-0.4, -0.2) is 83.6 Å². The number of pyridine rings is 1. The van der Waals surface area contributed by atoms with Crippen LogP contribution >= 0.6 is 34.9 Å². The molecule has 0 bridgehead atoms. The van der Waals surface area contributed by atoms with Gasteiger partial charge in [-0.15, -0.1) is 34.9 Å². The molecule has 41 heavy (non-hydrogen) atoms. The Balaban J connectivity index is 1.47. The number of nitrogens with two attached hydrogens (primary N) is 1. The van der Waals surface area contributed by atoms with Gasteiger partial charge >= 0.3 is 17.9 Å². The molecule has 2 aromatic heterocycles. The van der Waals surface area contributed by atoms with E-state index >= 15 is 0 Å². The lowest BCUT2D eigenvalue weighted by Gasteiger charge is -2.49. The van der Waals surface area contributed by atoms with Gasteiger partial charge in [-0.1, -0.05) is 5.16 Å². The van der Waals surface area contributed by atoms with Gasteiger partial charge in [0.2, 0.25) is 12.3 Å². The Labute approximate surface area is 243 Å². The van der Waals surface area contributed by atoms with E-state index in [0.29, 0.717) is 5.57 Å². The van der Waals surface area contributed by atoms with Crippen molar-refractivity contribution in [2.75, 3.05) is 17.2 Å². The molecule has 1 unspecified atom stereocenters. The molecule has 2 aromatic rings. The van der Waals surface area contributed by atoms with Gasteiger partial charge in [0.1, 0.15) is 22.8 Å². The smallest absolute Gasteiger partial charge is 0.374 e. The summed E-state index contributed by atoms with van der Waals surface area (Å²) in [5, 5.41) is 34.6. The highest BCUT2D eigenvalue weighted by Gasteiger charge is 2.54. The van der Waals surface area contributed by atoms with Crippen molar-refractivity contribution in [3.05, 3.63) is 59.2 Å². The molecule has 15 nitrogen and oxygen atoms in total. The predicted octanol–water partition coefficient (Wildman–Crippen LogP) is -0.0527. The number of rotatable bonds is 12. The molecule has 2 aliphatic heterocycles. The molecular formula is C23H21N6O9S3+. The number of fused-ring (bicyclic) bond motifs is 1. The lowest BCUT2D eigenvalue weighted by Crippen LogP contribution is -2.71. The summed E-state index contributed by atoms with van der Waals surface area (Å²) in [4.78, 5) is 70.7. The van der Waals surface area contributed by atoms with Crippen LogP contribution in [0.2, 0.25) is 0 Å². The minimum absolute atomic E-state index is 0.0251. The lowest BCUT2D eigenvalue weighted by molar-refractivity contribution is -0.686. The third kappa shape index (κ3) is 6.67. The Morgan fingerprint density at radius 1 is 1.27 bits per heavy atom. The van der Waals surface area contributed by atoms with Crippen LogP contribution < -0.4 is 15.6 Å². The number of carbonyl (C=O) groups is 5. The first-order valence-electron chi connectivity index (χ1n) is 11.4. The second-order valence-corrected chi connectivity index (χ2v) is 11.4. The standard InChI is InChI=1S/C23H20N6O9S3/c1-10(21(34)35)38-27-15(13-9-41-23(24)25-13)18(32)26-16-19(33)29-17(22(36)37)11(8-40-20(16)29)7-39-12-2-4-28(5-3-12)6-14(30)31/h2-5,9,16,20H,1,6-8H2,(H5-,24,25,26,30,31,32,34,35,36,37)/p+1/t16?,20-/m1/s1. The maximum Gasteiger partial charge on any atom is 0.374 e. The van der Waals surface area contributed by atoms with Crippen LogP contribution in [0.5, 0.6) is 0 Å². The number of nitrogen functional groups attached to an aromatic ring is 1. The molecule has 18 heteroatoms. The molecule has 0 radical (unpaired) electrons. The topological polar surface area (TPSA) is 226 Å². The van der Waals surface area contributed by atoms with Gasteiger partial charge in [-0.3, -0.25) is 14.5 Å². The highest BCUT2D eigenvalue weighted by atomic mass is 32.2. The largest absolute Gasteiger partial charge is 0.477 e. The number of oxime groups is 1. The number of hydrogen-bond acceptors (Lipinski definition) is 12. The summed E-state index contributed by atoms with van der Waals surface area (Å²) < 4.78 is 1.48. The van der Waals surface area contributed by atoms with Crippen molar-refractivity contribution in [1.29, 1.82) is 0 Å². The van der Waals surface area contributed by atoms with Gasteiger partial charge in [0, 0.05) is 33.9 Å². The number of aliphatic carboxylic acids is 3. The SMILES string of the molecule is C=C(ON=C(C(=O)NC1C(=O)N2C(C(=O)O)=C(CSc3cc[n+](CC(=O)O)cc3)CS[C@H]12)c1csc(N)n1)C(=O)O. The number of carboxylic acids is 3. The summed E-state index contributed by atoms with van der Waals surface area (Å²) in [5.41, 5.74) is 5.49. The number of anilines is 1. The molecule has 4 rings (SSSR count). The van der Waals surface area contributed by atoms with Crippen molar-refractivity contribution < 1.29 is 48.7 Å². The molecule has 214 valence electrons. The van der Waals surface area contributed by atoms with E-state index in [-0.39, 0.29) is 34.6 Å². The third-order valence-electron chi connectivity index (χ3n) is 5.59. The van der Waals surface area contributed by atoms with Gasteiger partial charge in [0.15, 0.2) is 23.2 Å². The highest BCUT2D eigenvalue weighted by molar-refractivity contribution is 8.01. The fourth-order valence-corrected chi connectivity index (χ4v) is 6.63. The van der Waals surface area contributed by atoms with Crippen molar-refractivity contribution >= 4 is 75.4 Å². The number of β-lactam (4-membered cyclic amide) rings is 1. The Kier molecular flexibility index (Phi) is 8.94. The summed E-state index contributed by atoms with van der Waals surface area (Å²) in [5.74, 6) is -5.59. The summed E-state index contributed by atoms with van der Waals surface area (Å²) in [6.45, 7) is 2.97. The van der Waals surface area contributed by atoms with Gasteiger partial charge in [-0.2, -0.15) is 4.57 Å². The van der Waals surface area contributed by atoms with E-state index in [9.17, 15) is 29.1 Å². The van der Waals surface area contributed by atoms with Crippen LogP contribution in [0, 0.1) is 0 Å². The fraction of sp³-hybridized carbons (Fsp3) is 0.217. The van der Waals surface area contributed by atoms with E-state index < -0.39 is 52.6 Å². The zero-order chi connectivity index (χ0) is 29.8. The van der Waals surface area contributed by atoms with Crippen LogP contribution in [0.15, 0.2) is 63.6 Å². The zero-order valence-corrected chi connectivity index (χ0v) is 23.2. The molecule has 1 saturated heterocycles. The average molecular weight is 622 g/mol. The number of nitrogens with one attached hydrogen (secondary N) is 1. The summed E-state index contributed by atoms with van der Waals surface area (Å²) in [6.07, 6.45) is 3.20. The normalized spacial score (nSPS) is 18.3. The quantitative estimate of drug-likeness (QED) is 0.0399. The van der Waals surface area contributed by atoms with E-state index in [4.69, 9.17) is 20.8 Å². The van der Waals surface area contributed by atoms with Gasteiger partial charge in [0.25, 0.3) is 11.8 Å². The molecule has 0 aliphatic carbocycles. The van der Waals surface area contributed by atoms with Crippen LogP contribution in [0.1, 0.15) is 5.69 Å². The molecule has 2 amide bonds. The minimum Gasteiger partial charge on any atom is -0.477 e. The first-order valence-corrected chi connectivity index (χ1v) is 14.3. The molecule has 0 aromatic carbocycles. The summed E-state index contributed by atoms with van der Waals surface area (Å²) in [7, 11) is 0. The number of nitrogens with zero attached hydrogens (tertiary/aromatic N) is 4. The molecule has 0 spiro atoms. The van der Waals surface area contributed by atoms with Crippen molar-refractivity contribution in [3.8, 4) is 0 Å². The monoisotopic (exact) mass is 621 g/mol. The predicted molar refractivity (Wildman–Crippen MR) is 146 cm³/mol. The fourth-order valence-electron chi connectivity index (χ4n) is 3.72. The van der Waals surface area contributed by atoms with Gasteiger partial charge in [0.05, 0.1) is 0 Å². The summed E-state index contributed by atoms with van der Waals surface area (Å²) >= 11 is 3.59. The van der Waals surface area contributed by atoms with Crippen LogP contribution in [-0.2, 0) is 35.4 Å². The average Bonchev–Trinajstić information content (AvgIpc) is 3.35. The third-order valence-corrected chi connectivity index (χ3v) is 8.70. The van der Waals surface area contributed by atoms with Gasteiger partial charge in [-0.05, 0) is 12.2 Å². The van der Waals surface area contributed by atoms with E-state index in [1.165, 1.54) is 33.5 Å². The number of thioether (sulfide) groups is 2. The van der Waals surface area contributed by atoms with Crippen molar-refractivity contribution in [2.45, 2.75) is 22.9 Å². The van der Waals surface area contributed by atoms with Crippen LogP contribution in [0.4, 0.5) is 5.13 Å². The second-order valence-electron chi connectivity index (χ2n) is 8.34. The number of aromatic nitrogens is 2. The van der Waals surface area contributed by atoms with Gasteiger partial charge < -0.3 is 31.2 Å². The van der Waals surface area contributed by atoms with E-state index in [1.807, 2.05) is 0 Å². The number of carbonyl (C=O) groups excluding carboxylic acids is 2. The number of thiazole rings is 1. The van der Waals surface area contributed by atoms with Crippen LogP contribution in [0.25, 0.3) is 0 Å². The maximum atomic E-state index is 13.1. The van der Waals surface area contributed by atoms with E-state index in [1.54, 1.807) is 24.5 Å². The van der Waals surface area contributed by atoms with Crippen molar-refractivity contribution in [1.82, 2.24) is 15.2 Å². The number of carboxylic acid groups (broad SMARTS) is 3. The van der Waals surface area contributed by atoms with Crippen LogP contribution in [0.3, 0.4) is 0 Å². The second kappa shape index (κ2) is 12.4. The maximum absolute atomic E-state index is 13.1. The minimum atomic E-state index is -1.51. The first kappa shape index (κ1) is 29.6. The molecular weight excluding hydrogens is 600 g/mol. The molecule has 2 aliphatic rings. The summed E-state index contributed by atoms with van der Waals surface area (Å²) in [6, 6.07) is 2.31. The van der Waals surface area contributed by atoms with Gasteiger partial charge in [-0.25, -0.2) is 19.4 Å². The zero-order valence-electron chi connectivity index (χ0n) is 20.8. The molecule has 0 saturated carbocycles. The molecule has 4 heterocycles. The van der Waals surface area contributed by atoms with E-state index in [0.717, 1.165) is 21.1 Å². The number of hydrogen-bond donors (Lipinski definition) is 5. The Morgan fingerprint density at radius 2 is 1.98 bits per heavy atom. The van der Waals surface area contributed by atoms with Crippen molar-refractivity contribution in [2.24, 2.45) is 5.16 Å². The van der Waals surface area contributed by atoms with E-state index in [2.05, 4.69) is 22.0 Å². The molecule has 1 fully saturated rings.